The second-order valence-corrected chi connectivity index (χ2v) is 6.69. The molecule has 1 aromatic heterocycles. The largest absolute Gasteiger partial charge is 0.449 e. The van der Waals surface area contributed by atoms with E-state index in [0.29, 0.717) is 25.0 Å². The molecule has 7 heteroatoms. The molecule has 0 fully saturated rings. The van der Waals surface area contributed by atoms with Crippen LogP contribution in [0.5, 0.6) is 0 Å². The van der Waals surface area contributed by atoms with Crippen molar-refractivity contribution in [2.45, 2.75) is 19.1 Å². The van der Waals surface area contributed by atoms with Crippen LogP contribution in [0.2, 0.25) is 0 Å². The Kier molecular flexibility index (Phi) is 4.66. The average Bonchev–Trinajstić information content (AvgIpc) is 3.08. The summed E-state index contributed by atoms with van der Waals surface area (Å²) < 4.78 is 41.2. The first-order valence-electron chi connectivity index (χ1n) is 8.98. The van der Waals surface area contributed by atoms with Crippen molar-refractivity contribution in [2.24, 2.45) is 0 Å². The van der Waals surface area contributed by atoms with Gasteiger partial charge in [-0.25, -0.2) is 4.98 Å². The Morgan fingerprint density at radius 1 is 1.04 bits per heavy atom. The van der Waals surface area contributed by atoms with Gasteiger partial charge < -0.3 is 9.47 Å². The number of carbonyl (C=O) groups is 1. The number of alkyl halides is 3. The first-order valence-corrected chi connectivity index (χ1v) is 8.98. The SMILES string of the molecule is O=C(Cn1c(C(F)(F)F)nc2ccccc21)N1CC=C(c2ccccc2)CC1. The van der Waals surface area contributed by atoms with E-state index in [-0.39, 0.29) is 18.0 Å². The predicted octanol–water partition coefficient (Wildman–Crippen LogP) is 4.37. The zero-order valence-corrected chi connectivity index (χ0v) is 15.0. The molecular weight excluding hydrogens is 367 g/mol. The minimum atomic E-state index is -4.62. The highest BCUT2D eigenvalue weighted by Gasteiger charge is 2.38. The predicted molar refractivity (Wildman–Crippen MR) is 100 cm³/mol. The van der Waals surface area contributed by atoms with Gasteiger partial charge in [0.1, 0.15) is 6.54 Å². The van der Waals surface area contributed by atoms with Crippen LogP contribution in [0.25, 0.3) is 16.6 Å². The molecule has 144 valence electrons. The van der Waals surface area contributed by atoms with Crippen molar-refractivity contribution in [3.63, 3.8) is 0 Å². The Morgan fingerprint density at radius 3 is 2.43 bits per heavy atom. The topological polar surface area (TPSA) is 38.1 Å². The summed E-state index contributed by atoms with van der Waals surface area (Å²) >= 11 is 0. The molecule has 0 atom stereocenters. The Labute approximate surface area is 159 Å². The van der Waals surface area contributed by atoms with E-state index in [0.717, 1.165) is 15.7 Å². The van der Waals surface area contributed by atoms with Gasteiger partial charge in [-0.15, -0.1) is 0 Å². The number of carbonyl (C=O) groups excluding carboxylic acids is 1. The summed E-state index contributed by atoms with van der Waals surface area (Å²) in [5, 5.41) is 0. The highest BCUT2D eigenvalue weighted by atomic mass is 19.4. The molecule has 0 N–H and O–H groups in total. The monoisotopic (exact) mass is 385 g/mol. The van der Waals surface area contributed by atoms with Crippen molar-refractivity contribution in [3.8, 4) is 0 Å². The first kappa shape index (κ1) is 18.3. The number of halogens is 3. The summed E-state index contributed by atoms with van der Waals surface area (Å²) in [5.74, 6) is -1.39. The molecule has 0 radical (unpaired) electrons. The van der Waals surface area contributed by atoms with Crippen molar-refractivity contribution in [2.75, 3.05) is 13.1 Å². The van der Waals surface area contributed by atoms with Crippen LogP contribution < -0.4 is 0 Å². The number of amides is 1. The highest BCUT2D eigenvalue weighted by molar-refractivity contribution is 5.82. The molecule has 0 spiro atoms. The second kappa shape index (κ2) is 7.14. The van der Waals surface area contributed by atoms with E-state index in [1.165, 1.54) is 6.07 Å². The maximum atomic E-state index is 13.4. The number of aromatic nitrogens is 2. The number of hydrogen-bond acceptors (Lipinski definition) is 2. The molecule has 1 amide bonds. The lowest BCUT2D eigenvalue weighted by molar-refractivity contribution is -0.148. The van der Waals surface area contributed by atoms with Crippen molar-refractivity contribution >= 4 is 22.5 Å². The molecule has 0 saturated carbocycles. The van der Waals surface area contributed by atoms with Gasteiger partial charge in [0.05, 0.1) is 11.0 Å². The number of benzene rings is 2. The van der Waals surface area contributed by atoms with Crippen LogP contribution in [0.1, 0.15) is 17.8 Å². The van der Waals surface area contributed by atoms with Gasteiger partial charge in [0, 0.05) is 13.1 Å². The van der Waals surface area contributed by atoms with Crippen LogP contribution in [-0.2, 0) is 17.5 Å². The van der Waals surface area contributed by atoms with Gasteiger partial charge in [0.2, 0.25) is 11.7 Å². The standard InChI is InChI=1S/C21H18F3N3O/c22-21(23,24)20-25-17-8-4-5-9-18(17)27(20)14-19(28)26-12-10-16(11-13-26)15-6-2-1-3-7-15/h1-10H,11-14H2. The number of nitrogens with zero attached hydrogens (tertiary/aromatic N) is 3. The third kappa shape index (κ3) is 3.52. The van der Waals surface area contributed by atoms with E-state index in [9.17, 15) is 18.0 Å². The Morgan fingerprint density at radius 2 is 1.75 bits per heavy atom. The Balaban J connectivity index is 1.56. The minimum Gasteiger partial charge on any atom is -0.337 e. The minimum absolute atomic E-state index is 0.229. The van der Waals surface area contributed by atoms with Crippen LogP contribution in [0.3, 0.4) is 0 Å². The fourth-order valence-corrected chi connectivity index (χ4v) is 3.50. The summed E-state index contributed by atoms with van der Waals surface area (Å²) in [6, 6.07) is 16.2. The van der Waals surface area contributed by atoms with Crippen LogP contribution in [0.4, 0.5) is 13.2 Å². The van der Waals surface area contributed by atoms with Gasteiger partial charge in [-0.2, -0.15) is 13.2 Å². The van der Waals surface area contributed by atoms with Crippen molar-refractivity contribution in [1.29, 1.82) is 0 Å². The first-order chi connectivity index (χ1) is 13.4. The quantitative estimate of drug-likeness (QED) is 0.672. The molecule has 3 aromatic rings. The number of rotatable bonds is 3. The smallest absolute Gasteiger partial charge is 0.337 e. The van der Waals surface area contributed by atoms with Crippen LogP contribution in [0, 0.1) is 0 Å². The van der Waals surface area contributed by atoms with E-state index in [4.69, 9.17) is 0 Å². The molecule has 2 heterocycles. The molecule has 0 unspecified atom stereocenters. The molecule has 0 saturated heterocycles. The Bertz CT molecular complexity index is 1040. The molecule has 2 aromatic carbocycles. The molecule has 0 aliphatic carbocycles. The summed E-state index contributed by atoms with van der Waals surface area (Å²) in [4.78, 5) is 18.0. The number of imidazole rings is 1. The number of hydrogen-bond donors (Lipinski definition) is 0. The lowest BCUT2D eigenvalue weighted by Gasteiger charge is -2.27. The average molecular weight is 385 g/mol. The Hall–Kier alpha value is -3.09. The summed E-state index contributed by atoms with van der Waals surface area (Å²) in [6.07, 6.45) is -1.98. The second-order valence-electron chi connectivity index (χ2n) is 6.69. The third-order valence-corrected chi connectivity index (χ3v) is 4.91. The number of para-hydroxylation sites is 2. The normalized spacial score (nSPS) is 15.0. The third-order valence-electron chi connectivity index (χ3n) is 4.91. The van der Waals surface area contributed by atoms with Crippen LogP contribution >= 0.6 is 0 Å². The van der Waals surface area contributed by atoms with E-state index in [2.05, 4.69) is 4.98 Å². The van der Waals surface area contributed by atoms with E-state index < -0.39 is 12.0 Å². The maximum absolute atomic E-state index is 13.4. The molecular formula is C21H18F3N3O. The van der Waals surface area contributed by atoms with Crippen molar-refractivity contribution in [1.82, 2.24) is 14.5 Å². The van der Waals surface area contributed by atoms with Crippen molar-refractivity contribution in [3.05, 3.63) is 72.1 Å². The molecule has 1 aliphatic heterocycles. The molecule has 4 nitrogen and oxygen atoms in total. The van der Waals surface area contributed by atoms with E-state index in [1.807, 2.05) is 36.4 Å². The fourth-order valence-electron chi connectivity index (χ4n) is 3.50. The summed E-state index contributed by atoms with van der Waals surface area (Å²) in [6.45, 7) is 0.481. The molecule has 28 heavy (non-hydrogen) atoms. The van der Waals surface area contributed by atoms with Crippen LogP contribution in [0.15, 0.2) is 60.7 Å². The zero-order chi connectivity index (χ0) is 19.7. The summed E-state index contributed by atoms with van der Waals surface area (Å²) in [5.41, 5.74) is 2.79. The van der Waals surface area contributed by atoms with Gasteiger partial charge in [0.25, 0.3) is 0 Å². The van der Waals surface area contributed by atoms with Crippen molar-refractivity contribution < 1.29 is 18.0 Å². The van der Waals surface area contributed by atoms with E-state index in [1.54, 1.807) is 23.1 Å². The van der Waals surface area contributed by atoms with Crippen LogP contribution in [-0.4, -0.2) is 33.4 Å². The van der Waals surface area contributed by atoms with Gasteiger partial charge >= 0.3 is 6.18 Å². The van der Waals surface area contributed by atoms with E-state index >= 15 is 0 Å². The molecule has 1 aliphatic rings. The van der Waals surface area contributed by atoms with Gasteiger partial charge in [0.15, 0.2) is 0 Å². The highest BCUT2D eigenvalue weighted by Crippen LogP contribution is 2.31. The number of fused-ring (bicyclic) bond motifs is 1. The van der Waals surface area contributed by atoms with Gasteiger partial charge in [-0.05, 0) is 29.7 Å². The molecule has 0 bridgehead atoms. The van der Waals surface area contributed by atoms with Gasteiger partial charge in [-0.3, -0.25) is 4.79 Å². The fraction of sp³-hybridized carbons (Fsp3) is 0.238. The summed E-state index contributed by atoms with van der Waals surface area (Å²) in [7, 11) is 0. The molecule has 4 rings (SSSR count). The lowest BCUT2D eigenvalue weighted by Crippen LogP contribution is -2.37. The zero-order valence-electron chi connectivity index (χ0n) is 15.0. The van der Waals surface area contributed by atoms with Gasteiger partial charge in [-0.1, -0.05) is 48.5 Å². The maximum Gasteiger partial charge on any atom is 0.449 e. The lowest BCUT2D eigenvalue weighted by atomic mass is 9.99.